The van der Waals surface area contributed by atoms with Crippen molar-refractivity contribution in [2.24, 2.45) is 5.92 Å². The van der Waals surface area contributed by atoms with Crippen molar-refractivity contribution in [3.8, 4) is 0 Å². The summed E-state index contributed by atoms with van der Waals surface area (Å²) in [6.45, 7) is 5.16. The van der Waals surface area contributed by atoms with E-state index in [4.69, 9.17) is 4.74 Å². The van der Waals surface area contributed by atoms with Crippen LogP contribution in [0.1, 0.15) is 18.4 Å². The first-order valence-corrected chi connectivity index (χ1v) is 9.00. The maximum atomic E-state index is 12.2. The maximum absolute atomic E-state index is 12.2. The zero-order valence-electron chi connectivity index (χ0n) is 12.2. The van der Waals surface area contributed by atoms with Gasteiger partial charge in [-0.25, -0.2) is 13.1 Å². The number of rotatable bonds is 7. The van der Waals surface area contributed by atoms with Crippen molar-refractivity contribution in [1.29, 1.82) is 0 Å². The van der Waals surface area contributed by atoms with Crippen LogP contribution in [0.15, 0.2) is 43.0 Å². The molecule has 1 N–H and O–H groups in total. The van der Waals surface area contributed by atoms with Crippen LogP contribution in [0.25, 0.3) is 0 Å². The van der Waals surface area contributed by atoms with Crippen LogP contribution in [0.5, 0.6) is 0 Å². The van der Waals surface area contributed by atoms with Crippen LogP contribution in [-0.2, 0) is 21.2 Å². The molecule has 2 rings (SSSR count). The third-order valence-corrected chi connectivity index (χ3v) is 5.22. The standard InChI is InChI=1S/C16H23NO3S/c1-2-16(15-8-11-20-12-9-15)17-21(18,19)13-10-14-6-4-3-5-7-14/h2-7,15-17H,1,8-13H2. The van der Waals surface area contributed by atoms with Gasteiger partial charge in [-0.15, -0.1) is 6.58 Å². The first-order chi connectivity index (χ1) is 10.1. The number of hydrogen-bond acceptors (Lipinski definition) is 3. The number of benzene rings is 1. The summed E-state index contributed by atoms with van der Waals surface area (Å²) in [5.41, 5.74) is 1.03. The molecule has 5 heteroatoms. The van der Waals surface area contributed by atoms with Crippen molar-refractivity contribution in [3.05, 3.63) is 48.6 Å². The van der Waals surface area contributed by atoms with Gasteiger partial charge in [-0.1, -0.05) is 36.4 Å². The summed E-state index contributed by atoms with van der Waals surface area (Å²) >= 11 is 0. The van der Waals surface area contributed by atoms with Gasteiger partial charge in [0.1, 0.15) is 0 Å². The minimum Gasteiger partial charge on any atom is -0.381 e. The molecule has 1 heterocycles. The minimum atomic E-state index is -3.30. The monoisotopic (exact) mass is 309 g/mol. The Morgan fingerprint density at radius 1 is 1.29 bits per heavy atom. The largest absolute Gasteiger partial charge is 0.381 e. The summed E-state index contributed by atoms with van der Waals surface area (Å²) in [7, 11) is -3.30. The number of sulfonamides is 1. The molecule has 1 aromatic carbocycles. The van der Waals surface area contributed by atoms with E-state index in [0.29, 0.717) is 19.6 Å². The van der Waals surface area contributed by atoms with Gasteiger partial charge in [0.25, 0.3) is 0 Å². The van der Waals surface area contributed by atoms with E-state index in [1.165, 1.54) is 0 Å². The topological polar surface area (TPSA) is 55.4 Å². The molecule has 1 atom stereocenters. The Morgan fingerprint density at radius 3 is 2.57 bits per heavy atom. The van der Waals surface area contributed by atoms with Gasteiger partial charge in [-0.3, -0.25) is 0 Å². The maximum Gasteiger partial charge on any atom is 0.212 e. The Hall–Kier alpha value is -1.17. The lowest BCUT2D eigenvalue weighted by molar-refractivity contribution is 0.0614. The van der Waals surface area contributed by atoms with Crippen molar-refractivity contribution in [2.45, 2.75) is 25.3 Å². The van der Waals surface area contributed by atoms with Crippen molar-refractivity contribution in [2.75, 3.05) is 19.0 Å². The van der Waals surface area contributed by atoms with Crippen LogP contribution < -0.4 is 4.72 Å². The molecule has 1 aliphatic heterocycles. The molecule has 116 valence electrons. The Morgan fingerprint density at radius 2 is 1.95 bits per heavy atom. The van der Waals surface area contributed by atoms with Crippen molar-refractivity contribution in [1.82, 2.24) is 4.72 Å². The van der Waals surface area contributed by atoms with Crippen molar-refractivity contribution < 1.29 is 13.2 Å². The molecule has 0 spiro atoms. The third kappa shape index (κ3) is 5.26. The van der Waals surface area contributed by atoms with Crippen LogP contribution in [0, 0.1) is 5.92 Å². The Balaban J connectivity index is 1.90. The fraction of sp³-hybridized carbons (Fsp3) is 0.500. The normalized spacial score (nSPS) is 18.3. The molecule has 21 heavy (non-hydrogen) atoms. The molecule has 1 saturated heterocycles. The Kier molecular flexibility index (Phi) is 5.96. The van der Waals surface area contributed by atoms with Gasteiger partial charge in [0, 0.05) is 19.3 Å². The smallest absolute Gasteiger partial charge is 0.212 e. The lowest BCUT2D eigenvalue weighted by Gasteiger charge is -2.28. The molecule has 0 saturated carbocycles. The molecule has 0 radical (unpaired) electrons. The molecule has 0 amide bonds. The molecule has 0 bridgehead atoms. The first-order valence-electron chi connectivity index (χ1n) is 7.35. The van der Waals surface area contributed by atoms with E-state index < -0.39 is 10.0 Å². The van der Waals surface area contributed by atoms with E-state index in [9.17, 15) is 8.42 Å². The van der Waals surface area contributed by atoms with Gasteiger partial charge in [0.15, 0.2) is 0 Å². The summed E-state index contributed by atoms with van der Waals surface area (Å²) in [6, 6.07) is 9.45. The average Bonchev–Trinajstić information content (AvgIpc) is 2.53. The zero-order valence-corrected chi connectivity index (χ0v) is 13.0. The Bertz CT molecular complexity index is 536. The van der Waals surface area contributed by atoms with Crippen LogP contribution in [0.2, 0.25) is 0 Å². The van der Waals surface area contributed by atoms with Gasteiger partial charge in [0.05, 0.1) is 5.75 Å². The van der Waals surface area contributed by atoms with E-state index in [-0.39, 0.29) is 17.7 Å². The lowest BCUT2D eigenvalue weighted by Crippen LogP contribution is -2.42. The molecule has 1 aliphatic rings. The second-order valence-corrected chi connectivity index (χ2v) is 7.26. The van der Waals surface area contributed by atoms with E-state index in [2.05, 4.69) is 11.3 Å². The van der Waals surface area contributed by atoms with E-state index in [1.54, 1.807) is 6.08 Å². The molecule has 0 aromatic heterocycles. The Labute approximate surface area is 127 Å². The fourth-order valence-electron chi connectivity index (χ4n) is 2.57. The summed E-state index contributed by atoms with van der Waals surface area (Å²) in [4.78, 5) is 0. The van der Waals surface area contributed by atoms with Crippen molar-refractivity contribution >= 4 is 10.0 Å². The average molecular weight is 309 g/mol. The summed E-state index contributed by atoms with van der Waals surface area (Å²) in [5, 5.41) is 0. The van der Waals surface area contributed by atoms with E-state index in [1.807, 2.05) is 30.3 Å². The molecular weight excluding hydrogens is 286 g/mol. The van der Waals surface area contributed by atoms with Crippen molar-refractivity contribution in [3.63, 3.8) is 0 Å². The highest BCUT2D eigenvalue weighted by Crippen LogP contribution is 2.20. The minimum absolute atomic E-state index is 0.102. The molecule has 0 aliphatic carbocycles. The molecule has 4 nitrogen and oxygen atoms in total. The second kappa shape index (κ2) is 7.73. The van der Waals surface area contributed by atoms with E-state index in [0.717, 1.165) is 18.4 Å². The summed E-state index contributed by atoms with van der Waals surface area (Å²) in [5.74, 6) is 0.382. The van der Waals surface area contributed by atoms with Crippen LogP contribution in [0.3, 0.4) is 0 Å². The zero-order chi connectivity index (χ0) is 15.1. The van der Waals surface area contributed by atoms with Gasteiger partial charge < -0.3 is 4.74 Å². The van der Waals surface area contributed by atoms with Gasteiger partial charge in [-0.2, -0.15) is 0 Å². The third-order valence-electron chi connectivity index (χ3n) is 3.85. The lowest BCUT2D eigenvalue weighted by atomic mass is 9.92. The number of hydrogen-bond donors (Lipinski definition) is 1. The highest BCUT2D eigenvalue weighted by Gasteiger charge is 2.25. The van der Waals surface area contributed by atoms with Crippen LogP contribution in [0.4, 0.5) is 0 Å². The van der Waals surface area contributed by atoms with Gasteiger partial charge in [-0.05, 0) is 30.7 Å². The molecule has 1 fully saturated rings. The van der Waals surface area contributed by atoms with Crippen LogP contribution in [-0.4, -0.2) is 33.4 Å². The SMILES string of the molecule is C=CC(NS(=O)(=O)CCc1ccccc1)C1CCOCC1. The van der Waals surface area contributed by atoms with Gasteiger partial charge in [0.2, 0.25) is 10.0 Å². The number of nitrogens with one attached hydrogen (secondary N) is 1. The predicted octanol–water partition coefficient (Wildman–Crippen LogP) is 2.13. The van der Waals surface area contributed by atoms with Crippen LogP contribution >= 0.6 is 0 Å². The van der Waals surface area contributed by atoms with E-state index >= 15 is 0 Å². The fourth-order valence-corrected chi connectivity index (χ4v) is 3.90. The predicted molar refractivity (Wildman–Crippen MR) is 84.6 cm³/mol. The molecule has 1 aromatic rings. The molecule has 1 unspecified atom stereocenters. The highest BCUT2D eigenvalue weighted by molar-refractivity contribution is 7.89. The second-order valence-electron chi connectivity index (χ2n) is 5.38. The quantitative estimate of drug-likeness (QED) is 0.785. The molecular formula is C16H23NO3S. The first kappa shape index (κ1) is 16.2. The number of ether oxygens (including phenoxy) is 1. The highest BCUT2D eigenvalue weighted by atomic mass is 32.2. The summed E-state index contributed by atoms with van der Waals surface area (Å²) < 4.78 is 32.6. The number of aryl methyl sites for hydroxylation is 1. The summed E-state index contributed by atoms with van der Waals surface area (Å²) in [6.07, 6.45) is 3.97. The van der Waals surface area contributed by atoms with Gasteiger partial charge >= 0.3 is 0 Å².